The standard InChI is InChI=1S/C25H37FN4O2.HI/c1-3-27-24(29-22-19-9-14-32-23(19)25(22)10-4-11-25)28-18-7-12-30(13-8-18)16-17-5-6-21(31-2)20(26)15-17;/h5-6,15,18-19,22-23H,3-4,7-14,16H2,1-2H3,(H2,27,28,29);1H. The number of methoxy groups -OCH3 is 1. The molecule has 3 atom stereocenters. The molecule has 3 unspecified atom stereocenters. The minimum atomic E-state index is -0.289. The summed E-state index contributed by atoms with van der Waals surface area (Å²) in [4.78, 5) is 7.18. The summed E-state index contributed by atoms with van der Waals surface area (Å²) in [5, 5.41) is 7.55. The second-order valence-corrected chi connectivity index (χ2v) is 9.94. The maximum Gasteiger partial charge on any atom is 0.191 e. The lowest BCUT2D eigenvalue weighted by atomic mass is 9.46. The smallest absolute Gasteiger partial charge is 0.191 e. The van der Waals surface area contributed by atoms with E-state index in [0.29, 0.717) is 35.3 Å². The molecular weight excluding hydrogens is 534 g/mol. The largest absolute Gasteiger partial charge is 0.494 e. The molecule has 0 amide bonds. The number of likely N-dealkylation sites (tertiary alicyclic amines) is 1. The zero-order chi connectivity index (χ0) is 22.1. The van der Waals surface area contributed by atoms with E-state index < -0.39 is 0 Å². The molecule has 2 aliphatic heterocycles. The van der Waals surface area contributed by atoms with Crippen LogP contribution in [0.1, 0.15) is 51.0 Å². The van der Waals surface area contributed by atoms with Gasteiger partial charge in [-0.1, -0.05) is 12.5 Å². The van der Waals surface area contributed by atoms with Crippen molar-refractivity contribution in [3.8, 4) is 5.75 Å². The van der Waals surface area contributed by atoms with Gasteiger partial charge in [-0.25, -0.2) is 4.39 Å². The Morgan fingerprint density at radius 1 is 1.24 bits per heavy atom. The molecular formula is C25H38FIN4O2. The molecule has 2 heterocycles. The quantitative estimate of drug-likeness (QED) is 0.308. The summed E-state index contributed by atoms with van der Waals surface area (Å²) < 4.78 is 25.1. The van der Waals surface area contributed by atoms with Crippen molar-refractivity contribution in [2.24, 2.45) is 16.3 Å². The molecule has 8 heteroatoms. The molecule has 33 heavy (non-hydrogen) atoms. The van der Waals surface area contributed by atoms with Gasteiger partial charge in [0.05, 0.1) is 13.2 Å². The van der Waals surface area contributed by atoms with Crippen molar-refractivity contribution in [2.45, 2.75) is 70.2 Å². The molecule has 1 spiro atoms. The molecule has 1 aromatic carbocycles. The summed E-state index contributed by atoms with van der Waals surface area (Å²) in [5.74, 6) is 1.64. The molecule has 5 rings (SSSR count). The summed E-state index contributed by atoms with van der Waals surface area (Å²) in [5.41, 5.74) is 1.35. The van der Waals surface area contributed by atoms with E-state index in [1.807, 2.05) is 6.07 Å². The highest BCUT2D eigenvalue weighted by molar-refractivity contribution is 14.0. The maximum absolute atomic E-state index is 14.0. The van der Waals surface area contributed by atoms with Crippen molar-refractivity contribution in [1.82, 2.24) is 15.5 Å². The highest BCUT2D eigenvalue weighted by Crippen LogP contribution is 2.62. The van der Waals surface area contributed by atoms with Crippen LogP contribution in [0, 0.1) is 17.2 Å². The number of nitrogens with one attached hydrogen (secondary N) is 2. The van der Waals surface area contributed by atoms with E-state index in [1.54, 1.807) is 12.1 Å². The van der Waals surface area contributed by atoms with Gasteiger partial charge in [-0.05, 0) is 56.7 Å². The van der Waals surface area contributed by atoms with Crippen LogP contribution >= 0.6 is 24.0 Å². The van der Waals surface area contributed by atoms with Crippen molar-refractivity contribution in [3.63, 3.8) is 0 Å². The van der Waals surface area contributed by atoms with Crippen molar-refractivity contribution < 1.29 is 13.9 Å². The van der Waals surface area contributed by atoms with Gasteiger partial charge < -0.3 is 20.1 Å². The minimum absolute atomic E-state index is 0. The topological polar surface area (TPSA) is 58.1 Å². The maximum atomic E-state index is 14.0. The molecule has 6 nitrogen and oxygen atoms in total. The average molecular weight is 573 g/mol. The zero-order valence-corrected chi connectivity index (χ0v) is 22.1. The third-order valence-electron chi connectivity index (χ3n) is 8.20. The first kappa shape index (κ1) is 25.0. The molecule has 1 aromatic rings. The van der Waals surface area contributed by atoms with E-state index in [4.69, 9.17) is 14.5 Å². The molecule has 2 aliphatic carbocycles. The Morgan fingerprint density at radius 3 is 2.67 bits per heavy atom. The van der Waals surface area contributed by atoms with Crippen molar-refractivity contribution >= 4 is 29.9 Å². The zero-order valence-electron chi connectivity index (χ0n) is 19.8. The fourth-order valence-corrected chi connectivity index (χ4v) is 6.39. The minimum Gasteiger partial charge on any atom is -0.494 e. The molecule has 0 aromatic heterocycles. The third-order valence-corrected chi connectivity index (χ3v) is 8.20. The van der Waals surface area contributed by atoms with Gasteiger partial charge in [-0.15, -0.1) is 24.0 Å². The Bertz CT molecular complexity index is 842. The van der Waals surface area contributed by atoms with E-state index in [1.165, 1.54) is 32.8 Å². The van der Waals surface area contributed by atoms with Crippen LogP contribution < -0.4 is 15.4 Å². The van der Waals surface area contributed by atoms with Gasteiger partial charge in [0, 0.05) is 56.2 Å². The van der Waals surface area contributed by atoms with Gasteiger partial charge in [0.1, 0.15) is 0 Å². The molecule has 4 aliphatic rings. The number of fused-ring (bicyclic) bond motifs is 2. The molecule has 184 valence electrons. The number of hydrogen-bond acceptors (Lipinski definition) is 4. The Kier molecular flexibility index (Phi) is 8.06. The molecule has 0 bridgehead atoms. The van der Waals surface area contributed by atoms with Crippen LogP contribution in [-0.2, 0) is 11.3 Å². The van der Waals surface area contributed by atoms with Crippen LogP contribution in [-0.4, -0.2) is 62.4 Å². The van der Waals surface area contributed by atoms with E-state index >= 15 is 0 Å². The number of ether oxygens (including phenoxy) is 2. The van der Waals surface area contributed by atoms with E-state index in [2.05, 4.69) is 22.5 Å². The second kappa shape index (κ2) is 10.6. The molecule has 4 fully saturated rings. The number of halogens is 2. The Morgan fingerprint density at radius 2 is 2.03 bits per heavy atom. The SMILES string of the molecule is CCN=C(NC1CCN(Cc2ccc(OC)c(F)c2)CC1)NC1C2CCOC2C12CCC2.I. The summed E-state index contributed by atoms with van der Waals surface area (Å²) in [6.45, 7) is 6.56. The van der Waals surface area contributed by atoms with Gasteiger partial charge in [0.2, 0.25) is 0 Å². The van der Waals surface area contributed by atoms with Gasteiger partial charge in [-0.3, -0.25) is 9.89 Å². The van der Waals surface area contributed by atoms with Crippen LogP contribution in [0.25, 0.3) is 0 Å². The first-order valence-corrected chi connectivity index (χ1v) is 12.4. The predicted molar refractivity (Wildman–Crippen MR) is 139 cm³/mol. The van der Waals surface area contributed by atoms with Crippen LogP contribution in [0.5, 0.6) is 5.75 Å². The number of piperidine rings is 1. The van der Waals surface area contributed by atoms with E-state index in [-0.39, 0.29) is 29.8 Å². The molecule has 2 saturated heterocycles. The summed E-state index contributed by atoms with van der Waals surface area (Å²) >= 11 is 0. The van der Waals surface area contributed by atoms with Crippen LogP contribution in [0.4, 0.5) is 4.39 Å². The first-order chi connectivity index (χ1) is 15.6. The fourth-order valence-electron chi connectivity index (χ4n) is 6.39. The summed E-state index contributed by atoms with van der Waals surface area (Å²) in [6, 6.07) is 6.19. The molecule has 2 N–H and O–H groups in total. The van der Waals surface area contributed by atoms with E-state index in [0.717, 1.165) is 57.2 Å². The Balaban J connectivity index is 0.00000259. The lowest BCUT2D eigenvalue weighted by Crippen LogP contribution is -2.72. The lowest BCUT2D eigenvalue weighted by molar-refractivity contribution is -0.171. The average Bonchev–Trinajstić information content (AvgIpc) is 3.17. The fraction of sp³-hybridized carbons (Fsp3) is 0.720. The number of benzene rings is 1. The van der Waals surface area contributed by atoms with Gasteiger partial charge in [0.25, 0.3) is 0 Å². The highest BCUT2D eigenvalue weighted by Gasteiger charge is 2.66. The van der Waals surface area contributed by atoms with E-state index in [9.17, 15) is 4.39 Å². The highest BCUT2D eigenvalue weighted by atomic mass is 127. The van der Waals surface area contributed by atoms with Crippen LogP contribution in [0.15, 0.2) is 23.2 Å². The molecule has 0 radical (unpaired) electrons. The van der Waals surface area contributed by atoms with Gasteiger partial charge >= 0.3 is 0 Å². The Hall–Kier alpha value is -1.13. The predicted octanol–water partition coefficient (Wildman–Crippen LogP) is 3.93. The lowest BCUT2D eigenvalue weighted by Gasteiger charge is -2.63. The summed E-state index contributed by atoms with van der Waals surface area (Å²) in [7, 11) is 1.50. The normalized spacial score (nSPS) is 28.9. The number of aliphatic imine (C=N–C) groups is 1. The van der Waals surface area contributed by atoms with Crippen LogP contribution in [0.2, 0.25) is 0 Å². The number of hydrogen-bond donors (Lipinski definition) is 2. The Labute approximate surface area is 214 Å². The van der Waals surface area contributed by atoms with Crippen LogP contribution in [0.3, 0.4) is 0 Å². The third kappa shape index (κ3) is 4.85. The molecule has 2 saturated carbocycles. The number of nitrogens with zero attached hydrogens (tertiary/aromatic N) is 2. The summed E-state index contributed by atoms with van der Waals surface area (Å²) in [6.07, 6.45) is 7.68. The number of guanidine groups is 1. The number of rotatable bonds is 6. The van der Waals surface area contributed by atoms with Crippen molar-refractivity contribution in [3.05, 3.63) is 29.6 Å². The monoisotopic (exact) mass is 572 g/mol. The van der Waals surface area contributed by atoms with Gasteiger partial charge in [0.15, 0.2) is 17.5 Å². The van der Waals surface area contributed by atoms with Crippen molar-refractivity contribution in [1.29, 1.82) is 0 Å². The van der Waals surface area contributed by atoms with Gasteiger partial charge in [-0.2, -0.15) is 0 Å². The second-order valence-electron chi connectivity index (χ2n) is 9.94. The van der Waals surface area contributed by atoms with Crippen molar-refractivity contribution in [2.75, 3.05) is 33.4 Å². The first-order valence-electron chi connectivity index (χ1n) is 12.4.